The van der Waals surface area contributed by atoms with E-state index in [1.54, 1.807) is 0 Å². The van der Waals surface area contributed by atoms with E-state index in [-0.39, 0.29) is 0 Å². The number of ether oxygens (including phenoxy) is 2. The van der Waals surface area contributed by atoms with Crippen molar-refractivity contribution in [3.05, 3.63) is 21.9 Å². The number of unbranched alkanes of at least 4 members (excludes halogenated alkanes) is 10. The van der Waals surface area contributed by atoms with Gasteiger partial charge in [-0.05, 0) is 38.8 Å². The molecule has 0 saturated heterocycles. The van der Waals surface area contributed by atoms with E-state index in [0.29, 0.717) is 0 Å². The predicted octanol–water partition coefficient (Wildman–Crippen LogP) is 10.2. The average Bonchev–Trinajstić information content (AvgIpc) is 3.35. The molecule has 3 aromatic rings. The van der Waals surface area contributed by atoms with Crippen LogP contribution in [0, 0.1) is 13.8 Å². The largest absolute Gasteiger partial charge is 0.489 e. The molecule has 4 heteroatoms. The Bertz CT molecular complexity index is 876. The monoisotopic (exact) mass is 474 g/mol. The molecule has 0 atom stereocenters. The minimum atomic E-state index is 0.776. The Labute approximate surface area is 203 Å². The van der Waals surface area contributed by atoms with Gasteiger partial charge in [0.25, 0.3) is 0 Å². The van der Waals surface area contributed by atoms with Crippen molar-refractivity contribution in [2.75, 3.05) is 13.2 Å². The molecule has 0 aliphatic heterocycles. The minimum Gasteiger partial charge on any atom is -0.489 e. The van der Waals surface area contributed by atoms with Crippen molar-refractivity contribution in [3.8, 4) is 11.5 Å². The third-order valence-electron chi connectivity index (χ3n) is 6.10. The second-order valence-electron chi connectivity index (χ2n) is 9.09. The first-order valence-electron chi connectivity index (χ1n) is 12.9. The topological polar surface area (TPSA) is 18.5 Å². The summed E-state index contributed by atoms with van der Waals surface area (Å²) < 4.78 is 15.7. The molecule has 0 saturated carbocycles. The molecular weight excluding hydrogens is 432 g/mol. The SMILES string of the molecule is CCCCCCCCOc1c(OCCCCCCCC)c2cc(C)sc2c2sc(C)cc12. The maximum absolute atomic E-state index is 6.48. The van der Waals surface area contributed by atoms with Crippen molar-refractivity contribution in [2.24, 2.45) is 0 Å². The molecule has 178 valence electrons. The van der Waals surface area contributed by atoms with Gasteiger partial charge in [0, 0.05) is 20.5 Å². The van der Waals surface area contributed by atoms with E-state index in [1.807, 2.05) is 22.7 Å². The Hall–Kier alpha value is -1.26. The lowest BCUT2D eigenvalue weighted by Gasteiger charge is -2.16. The fraction of sp³-hybridized carbons (Fsp3) is 0.643. The smallest absolute Gasteiger partial charge is 0.170 e. The summed E-state index contributed by atoms with van der Waals surface area (Å²) in [5, 5.41) is 2.48. The normalized spacial score (nSPS) is 11.6. The van der Waals surface area contributed by atoms with Crippen LogP contribution in [0.15, 0.2) is 12.1 Å². The highest BCUT2D eigenvalue weighted by Gasteiger charge is 2.21. The molecule has 0 spiro atoms. The van der Waals surface area contributed by atoms with Crippen LogP contribution in [0.5, 0.6) is 11.5 Å². The Morgan fingerprint density at radius 2 is 0.938 bits per heavy atom. The molecule has 0 radical (unpaired) electrons. The van der Waals surface area contributed by atoms with Gasteiger partial charge in [-0.25, -0.2) is 0 Å². The lowest BCUT2D eigenvalue weighted by molar-refractivity contribution is 0.263. The van der Waals surface area contributed by atoms with Gasteiger partial charge in [-0.1, -0.05) is 78.1 Å². The van der Waals surface area contributed by atoms with Crippen LogP contribution >= 0.6 is 22.7 Å². The highest BCUT2D eigenvalue weighted by atomic mass is 32.1. The van der Waals surface area contributed by atoms with E-state index in [1.165, 1.54) is 94.1 Å². The number of hydrogen-bond donors (Lipinski definition) is 0. The zero-order chi connectivity index (χ0) is 22.8. The van der Waals surface area contributed by atoms with Gasteiger partial charge >= 0.3 is 0 Å². The lowest BCUT2D eigenvalue weighted by Crippen LogP contribution is -2.03. The van der Waals surface area contributed by atoms with Gasteiger partial charge in [-0.15, -0.1) is 22.7 Å². The molecule has 1 aromatic carbocycles. The molecule has 0 aliphatic rings. The molecule has 32 heavy (non-hydrogen) atoms. The standard InChI is InChI=1S/C28H42O2S2/c1-5-7-9-11-13-15-17-29-25-23-19-21(3)31-27(23)28-24(20-22(4)32-28)26(25)30-18-16-14-12-10-8-6-2/h19-20H,5-18H2,1-4H3. The lowest BCUT2D eigenvalue weighted by atomic mass is 10.1. The summed E-state index contributed by atoms with van der Waals surface area (Å²) in [5.74, 6) is 1.96. The second kappa shape index (κ2) is 13.4. The maximum atomic E-state index is 6.48. The molecule has 3 rings (SSSR count). The first-order chi connectivity index (χ1) is 15.7. The fourth-order valence-electron chi connectivity index (χ4n) is 4.35. The van der Waals surface area contributed by atoms with E-state index in [0.717, 1.165) is 37.6 Å². The summed E-state index contributed by atoms with van der Waals surface area (Å²) in [6.45, 7) is 10.5. The molecule has 0 fully saturated rings. The number of benzene rings is 1. The summed E-state index contributed by atoms with van der Waals surface area (Å²) in [4.78, 5) is 2.68. The van der Waals surface area contributed by atoms with Crippen molar-refractivity contribution in [1.29, 1.82) is 0 Å². The Morgan fingerprint density at radius 3 is 1.34 bits per heavy atom. The van der Waals surface area contributed by atoms with E-state index >= 15 is 0 Å². The Morgan fingerprint density at radius 1 is 0.562 bits per heavy atom. The molecule has 0 N–H and O–H groups in total. The van der Waals surface area contributed by atoms with Gasteiger partial charge in [0.15, 0.2) is 11.5 Å². The zero-order valence-electron chi connectivity index (χ0n) is 20.7. The van der Waals surface area contributed by atoms with E-state index < -0.39 is 0 Å². The number of aryl methyl sites for hydroxylation is 2. The third kappa shape index (κ3) is 6.87. The molecule has 2 nitrogen and oxygen atoms in total. The van der Waals surface area contributed by atoms with Crippen molar-refractivity contribution in [1.82, 2.24) is 0 Å². The van der Waals surface area contributed by atoms with Crippen LogP contribution < -0.4 is 9.47 Å². The summed E-state index contributed by atoms with van der Waals surface area (Å²) in [6.07, 6.45) is 15.3. The summed E-state index contributed by atoms with van der Waals surface area (Å²) in [5.41, 5.74) is 0. The van der Waals surface area contributed by atoms with Gasteiger partial charge < -0.3 is 9.47 Å². The van der Waals surface area contributed by atoms with Crippen molar-refractivity contribution in [2.45, 2.75) is 105 Å². The maximum Gasteiger partial charge on any atom is 0.170 e. The van der Waals surface area contributed by atoms with E-state index in [4.69, 9.17) is 9.47 Å². The van der Waals surface area contributed by atoms with Gasteiger partial charge in [0.1, 0.15) is 0 Å². The van der Waals surface area contributed by atoms with Crippen LogP contribution in [-0.4, -0.2) is 13.2 Å². The Kier molecular flexibility index (Phi) is 10.7. The average molecular weight is 475 g/mol. The molecular formula is C28H42O2S2. The first kappa shape index (κ1) is 25.4. The van der Waals surface area contributed by atoms with Crippen molar-refractivity contribution >= 4 is 42.8 Å². The van der Waals surface area contributed by atoms with Crippen molar-refractivity contribution in [3.63, 3.8) is 0 Å². The summed E-state index contributed by atoms with van der Waals surface area (Å²) >= 11 is 3.77. The second-order valence-corrected chi connectivity index (χ2v) is 11.6. The van der Waals surface area contributed by atoms with Crippen molar-refractivity contribution < 1.29 is 9.47 Å². The first-order valence-corrected chi connectivity index (χ1v) is 14.5. The van der Waals surface area contributed by atoms with E-state index in [9.17, 15) is 0 Å². The molecule has 2 aromatic heterocycles. The number of rotatable bonds is 16. The zero-order valence-corrected chi connectivity index (χ0v) is 22.3. The highest BCUT2D eigenvalue weighted by Crippen LogP contribution is 2.49. The van der Waals surface area contributed by atoms with E-state index in [2.05, 4.69) is 39.8 Å². The molecule has 0 unspecified atom stereocenters. The van der Waals surface area contributed by atoms with Gasteiger partial charge in [0.2, 0.25) is 0 Å². The van der Waals surface area contributed by atoms with Crippen LogP contribution in [0.3, 0.4) is 0 Å². The molecule has 0 amide bonds. The number of hydrogen-bond acceptors (Lipinski definition) is 4. The highest BCUT2D eigenvalue weighted by molar-refractivity contribution is 7.27. The van der Waals surface area contributed by atoms with Crippen LogP contribution in [0.1, 0.15) is 101 Å². The minimum absolute atomic E-state index is 0.776. The predicted molar refractivity (Wildman–Crippen MR) is 144 cm³/mol. The quantitative estimate of drug-likeness (QED) is 0.192. The van der Waals surface area contributed by atoms with Gasteiger partial charge in [0.05, 0.1) is 22.6 Å². The molecule has 0 bridgehead atoms. The molecule has 2 heterocycles. The van der Waals surface area contributed by atoms with Crippen LogP contribution in [0.4, 0.5) is 0 Å². The number of thiophene rings is 2. The molecule has 0 aliphatic carbocycles. The summed E-state index contributed by atoms with van der Waals surface area (Å²) in [7, 11) is 0. The summed E-state index contributed by atoms with van der Waals surface area (Å²) in [6, 6.07) is 4.59. The van der Waals surface area contributed by atoms with Crippen LogP contribution in [-0.2, 0) is 0 Å². The number of fused-ring (bicyclic) bond motifs is 3. The third-order valence-corrected chi connectivity index (χ3v) is 8.37. The van der Waals surface area contributed by atoms with Crippen LogP contribution in [0.25, 0.3) is 20.2 Å². The van der Waals surface area contributed by atoms with Gasteiger partial charge in [-0.3, -0.25) is 0 Å². The van der Waals surface area contributed by atoms with Crippen LogP contribution in [0.2, 0.25) is 0 Å². The Balaban J connectivity index is 1.74. The fourth-order valence-corrected chi connectivity index (χ4v) is 6.52. The van der Waals surface area contributed by atoms with Gasteiger partial charge in [-0.2, -0.15) is 0 Å².